The van der Waals surface area contributed by atoms with Crippen LogP contribution in [0.1, 0.15) is 16.5 Å². The summed E-state index contributed by atoms with van der Waals surface area (Å²) in [6.45, 7) is 0. The fraction of sp³-hybridized carbons (Fsp3) is 0.0909. The second-order valence-electron chi connectivity index (χ2n) is 3.34. The van der Waals surface area contributed by atoms with Gasteiger partial charge in [-0.05, 0) is 56.1 Å². The molecule has 17 heavy (non-hydrogen) atoms. The lowest BCUT2D eigenvalue weighted by molar-refractivity contribution is 0.224. The molecule has 0 aliphatic carbocycles. The van der Waals surface area contributed by atoms with Crippen molar-refractivity contribution < 1.29 is 5.11 Å². The van der Waals surface area contributed by atoms with E-state index in [1.165, 1.54) is 11.3 Å². The predicted molar refractivity (Wildman–Crippen MR) is 80.2 cm³/mol. The van der Waals surface area contributed by atoms with Crippen molar-refractivity contribution in [2.24, 2.45) is 0 Å². The Morgan fingerprint density at radius 1 is 1.18 bits per heavy atom. The molecule has 1 atom stereocenters. The van der Waals surface area contributed by atoms with Crippen LogP contribution in [-0.4, -0.2) is 5.11 Å². The van der Waals surface area contributed by atoms with Crippen LogP contribution < -0.4 is 0 Å². The van der Waals surface area contributed by atoms with Crippen LogP contribution in [0.15, 0.2) is 32.5 Å². The summed E-state index contributed by atoms with van der Waals surface area (Å²) < 4.78 is 1.85. The fourth-order valence-electron chi connectivity index (χ4n) is 1.38. The van der Waals surface area contributed by atoms with Gasteiger partial charge in [-0.3, -0.25) is 0 Å². The first-order valence-corrected chi connectivity index (χ1v) is 7.72. The third-order valence-corrected chi connectivity index (χ3v) is 6.07. The third kappa shape index (κ3) is 3.06. The van der Waals surface area contributed by atoms with Crippen LogP contribution in [-0.2, 0) is 0 Å². The van der Waals surface area contributed by atoms with Gasteiger partial charge < -0.3 is 5.11 Å². The van der Waals surface area contributed by atoms with E-state index < -0.39 is 6.10 Å². The first kappa shape index (κ1) is 13.8. The maximum Gasteiger partial charge on any atom is 0.115 e. The largest absolute Gasteiger partial charge is 0.383 e. The number of halogens is 4. The number of thiophene rings is 1. The van der Waals surface area contributed by atoms with Crippen LogP contribution in [0.3, 0.4) is 0 Å². The molecule has 0 aliphatic rings. The molecule has 1 N–H and O–H groups in total. The van der Waals surface area contributed by atoms with Gasteiger partial charge in [-0.1, -0.05) is 23.2 Å². The zero-order valence-corrected chi connectivity index (χ0v) is 13.8. The molecule has 0 spiro atoms. The number of hydrogen-bond donors (Lipinski definition) is 1. The Kier molecular flexibility index (Phi) is 4.55. The van der Waals surface area contributed by atoms with Gasteiger partial charge in [-0.15, -0.1) is 11.3 Å². The van der Waals surface area contributed by atoms with Crippen LogP contribution in [0.4, 0.5) is 0 Å². The van der Waals surface area contributed by atoms with Gasteiger partial charge in [-0.25, -0.2) is 0 Å². The maximum absolute atomic E-state index is 10.3. The van der Waals surface area contributed by atoms with E-state index in [9.17, 15) is 5.11 Å². The monoisotopic (exact) mass is 414 g/mol. The highest BCUT2D eigenvalue weighted by Gasteiger charge is 2.18. The molecule has 1 aromatic carbocycles. The molecule has 0 saturated carbocycles. The molecule has 6 heteroatoms. The second kappa shape index (κ2) is 5.59. The average Bonchev–Trinajstić information content (AvgIpc) is 2.62. The second-order valence-corrected chi connectivity index (χ2v) is 7.44. The minimum atomic E-state index is -0.770. The Morgan fingerprint density at radius 2 is 1.88 bits per heavy atom. The van der Waals surface area contributed by atoms with Crippen molar-refractivity contribution in [1.29, 1.82) is 0 Å². The van der Waals surface area contributed by atoms with E-state index >= 15 is 0 Å². The number of benzene rings is 1. The van der Waals surface area contributed by atoms with Gasteiger partial charge in [0.1, 0.15) is 6.10 Å². The van der Waals surface area contributed by atoms with Crippen molar-refractivity contribution >= 4 is 66.4 Å². The maximum atomic E-state index is 10.3. The Balaban J connectivity index is 2.42. The summed E-state index contributed by atoms with van der Waals surface area (Å²) >= 11 is 20.2. The van der Waals surface area contributed by atoms with E-state index in [0.717, 1.165) is 13.1 Å². The van der Waals surface area contributed by atoms with Gasteiger partial charge in [0.2, 0.25) is 0 Å². The zero-order chi connectivity index (χ0) is 12.6. The highest BCUT2D eigenvalue weighted by atomic mass is 79.9. The summed E-state index contributed by atoms with van der Waals surface area (Å²) in [5, 5.41) is 11.3. The van der Waals surface area contributed by atoms with Crippen LogP contribution in [0.2, 0.25) is 10.0 Å². The Hall–Kier alpha value is 0.420. The molecule has 1 heterocycles. The number of aliphatic hydroxyl groups is 1. The SMILES string of the molecule is OC(c1cc(Br)c(Br)s1)c1cc(Cl)ccc1Cl. The van der Waals surface area contributed by atoms with Crippen molar-refractivity contribution in [2.45, 2.75) is 6.10 Å². The Bertz CT molecular complexity index is 537. The Labute approximate surface area is 130 Å². The molecule has 0 bridgehead atoms. The molecule has 2 rings (SSSR count). The van der Waals surface area contributed by atoms with E-state index in [-0.39, 0.29) is 0 Å². The van der Waals surface area contributed by atoms with Gasteiger partial charge in [0, 0.05) is 25.0 Å². The third-order valence-electron chi connectivity index (χ3n) is 2.19. The standard InChI is InChI=1S/C11H6Br2Cl2OS/c12-7-4-9(17-11(7)13)10(16)6-3-5(14)1-2-8(6)15/h1-4,10,16H. The normalized spacial score (nSPS) is 12.8. The first-order valence-electron chi connectivity index (χ1n) is 4.57. The van der Waals surface area contributed by atoms with E-state index in [2.05, 4.69) is 31.9 Å². The summed E-state index contributed by atoms with van der Waals surface area (Å²) in [6.07, 6.45) is -0.770. The van der Waals surface area contributed by atoms with Gasteiger partial charge >= 0.3 is 0 Å². The van der Waals surface area contributed by atoms with Crippen molar-refractivity contribution in [3.63, 3.8) is 0 Å². The van der Waals surface area contributed by atoms with Gasteiger partial charge in [0.15, 0.2) is 0 Å². The minimum absolute atomic E-state index is 0.502. The molecular weight excluding hydrogens is 411 g/mol. The van der Waals surface area contributed by atoms with Crippen molar-refractivity contribution in [3.05, 3.63) is 53.0 Å². The predicted octanol–water partition coefficient (Wildman–Crippen LogP) is 5.66. The zero-order valence-electron chi connectivity index (χ0n) is 8.25. The summed E-state index contributed by atoms with van der Waals surface area (Å²) in [6, 6.07) is 6.91. The number of hydrogen-bond acceptors (Lipinski definition) is 2. The number of rotatable bonds is 2. The summed E-state index contributed by atoms with van der Waals surface area (Å²) in [4.78, 5) is 0.799. The van der Waals surface area contributed by atoms with Crippen LogP contribution in [0, 0.1) is 0 Å². The molecule has 0 aliphatic heterocycles. The van der Waals surface area contributed by atoms with Crippen molar-refractivity contribution in [1.82, 2.24) is 0 Å². The smallest absolute Gasteiger partial charge is 0.115 e. The molecular formula is C11H6Br2Cl2OS. The molecule has 1 aromatic heterocycles. The van der Waals surface area contributed by atoms with Crippen LogP contribution in [0.25, 0.3) is 0 Å². The highest BCUT2D eigenvalue weighted by molar-refractivity contribution is 9.13. The summed E-state index contributed by atoms with van der Waals surface area (Å²) in [7, 11) is 0. The van der Waals surface area contributed by atoms with Crippen LogP contribution >= 0.6 is 66.4 Å². The fourth-order valence-corrected chi connectivity index (χ4v) is 3.87. The lowest BCUT2D eigenvalue weighted by Gasteiger charge is -2.11. The van der Waals surface area contributed by atoms with E-state index in [1.54, 1.807) is 18.2 Å². The molecule has 0 radical (unpaired) electrons. The van der Waals surface area contributed by atoms with E-state index in [1.807, 2.05) is 6.07 Å². The van der Waals surface area contributed by atoms with Gasteiger partial charge in [0.05, 0.1) is 3.79 Å². The molecule has 1 unspecified atom stereocenters. The topological polar surface area (TPSA) is 20.2 Å². The van der Waals surface area contributed by atoms with Gasteiger partial charge in [-0.2, -0.15) is 0 Å². The lowest BCUT2D eigenvalue weighted by atomic mass is 10.1. The summed E-state index contributed by atoms with van der Waals surface area (Å²) in [5.41, 5.74) is 0.611. The quantitative estimate of drug-likeness (QED) is 0.669. The van der Waals surface area contributed by atoms with E-state index in [4.69, 9.17) is 23.2 Å². The highest BCUT2D eigenvalue weighted by Crippen LogP contribution is 2.39. The molecule has 1 nitrogen and oxygen atoms in total. The first-order chi connectivity index (χ1) is 7.99. The van der Waals surface area contributed by atoms with Crippen LogP contribution in [0.5, 0.6) is 0 Å². The summed E-state index contributed by atoms with van der Waals surface area (Å²) in [5.74, 6) is 0. The molecule has 2 aromatic rings. The van der Waals surface area contributed by atoms with Crippen molar-refractivity contribution in [2.75, 3.05) is 0 Å². The minimum Gasteiger partial charge on any atom is -0.383 e. The van der Waals surface area contributed by atoms with Gasteiger partial charge in [0.25, 0.3) is 0 Å². The average molecular weight is 417 g/mol. The Morgan fingerprint density at radius 3 is 2.47 bits per heavy atom. The molecule has 0 fully saturated rings. The molecule has 0 saturated heterocycles. The number of aliphatic hydroxyl groups excluding tert-OH is 1. The molecule has 0 amide bonds. The van der Waals surface area contributed by atoms with E-state index in [0.29, 0.717) is 15.6 Å². The lowest BCUT2D eigenvalue weighted by Crippen LogP contribution is -1.97. The van der Waals surface area contributed by atoms with Crippen molar-refractivity contribution in [3.8, 4) is 0 Å². The molecule has 90 valence electrons.